The van der Waals surface area contributed by atoms with Crippen LogP contribution in [0.1, 0.15) is 11.3 Å². The van der Waals surface area contributed by atoms with Crippen molar-refractivity contribution in [3.8, 4) is 0 Å². The average molecular weight is 180 g/mol. The smallest absolute Gasteiger partial charge is 0.192 e. The van der Waals surface area contributed by atoms with Crippen LogP contribution in [0.3, 0.4) is 0 Å². The number of aryl methyl sites for hydroxylation is 1. The van der Waals surface area contributed by atoms with E-state index in [9.17, 15) is 4.79 Å². The Morgan fingerprint density at radius 2 is 2.38 bits per heavy atom. The third-order valence-corrected chi connectivity index (χ3v) is 1.67. The molecule has 0 aliphatic heterocycles. The van der Waals surface area contributed by atoms with E-state index in [1.165, 1.54) is 6.07 Å². The number of amidine groups is 1. The largest absolute Gasteiger partial charge is 0.364 e. The van der Waals surface area contributed by atoms with Crippen LogP contribution in [-0.2, 0) is 0 Å². The van der Waals surface area contributed by atoms with E-state index in [0.717, 1.165) is 5.69 Å². The first-order valence-electron chi connectivity index (χ1n) is 3.82. The van der Waals surface area contributed by atoms with Gasteiger partial charge < -0.3 is 10.4 Å². The van der Waals surface area contributed by atoms with Crippen molar-refractivity contribution in [3.63, 3.8) is 0 Å². The number of aromatic nitrogens is 1. The van der Waals surface area contributed by atoms with Gasteiger partial charge in [0.25, 0.3) is 0 Å². The highest BCUT2D eigenvalue weighted by atomic mass is 16.1. The van der Waals surface area contributed by atoms with E-state index in [1.807, 2.05) is 6.92 Å². The maximum absolute atomic E-state index is 11.4. The van der Waals surface area contributed by atoms with Crippen molar-refractivity contribution >= 4 is 5.84 Å². The fourth-order valence-corrected chi connectivity index (χ4v) is 1.02. The molecule has 0 saturated carbocycles. The number of aromatic amines is 1. The molecule has 13 heavy (non-hydrogen) atoms. The van der Waals surface area contributed by atoms with Gasteiger partial charge in [0.05, 0.1) is 5.56 Å². The van der Waals surface area contributed by atoms with Crippen molar-refractivity contribution < 1.29 is 0 Å². The zero-order valence-electron chi connectivity index (χ0n) is 7.59. The van der Waals surface area contributed by atoms with Crippen LogP contribution in [0.4, 0.5) is 0 Å². The lowest BCUT2D eigenvalue weighted by molar-refractivity contribution is 1.01. The number of rotatable bonds is 1. The van der Waals surface area contributed by atoms with Gasteiger partial charge in [0, 0.05) is 25.0 Å². The lowest BCUT2D eigenvalue weighted by Gasteiger charge is -2.03. The molecule has 0 amide bonds. The second-order valence-electron chi connectivity index (χ2n) is 2.61. The van der Waals surface area contributed by atoms with Gasteiger partial charge in [-0.05, 0) is 6.92 Å². The van der Waals surface area contributed by atoms with Gasteiger partial charge in [-0.1, -0.05) is 0 Å². The fraction of sp³-hybridized carbons (Fsp3) is 0.250. The normalized spacial score (nSPS) is 11.5. The maximum atomic E-state index is 11.4. The summed E-state index contributed by atoms with van der Waals surface area (Å²) in [6.45, 7) is 1.81. The molecule has 70 valence electrons. The van der Waals surface area contributed by atoms with Crippen LogP contribution < -0.4 is 16.7 Å². The first-order chi connectivity index (χ1) is 6.19. The molecule has 0 radical (unpaired) electrons. The highest BCUT2D eigenvalue weighted by molar-refractivity contribution is 5.97. The molecule has 5 nitrogen and oxygen atoms in total. The topological polar surface area (TPSA) is 83.3 Å². The van der Waals surface area contributed by atoms with E-state index in [0.29, 0.717) is 11.4 Å². The second-order valence-corrected chi connectivity index (χ2v) is 2.61. The zero-order chi connectivity index (χ0) is 9.84. The monoisotopic (exact) mass is 180 g/mol. The van der Waals surface area contributed by atoms with Crippen LogP contribution in [0.5, 0.6) is 0 Å². The van der Waals surface area contributed by atoms with E-state index in [-0.39, 0.29) is 5.43 Å². The van der Waals surface area contributed by atoms with Crippen LogP contribution >= 0.6 is 0 Å². The second kappa shape index (κ2) is 3.86. The molecule has 0 aliphatic carbocycles. The Kier molecular flexibility index (Phi) is 2.81. The Bertz CT molecular complexity index is 380. The maximum Gasteiger partial charge on any atom is 0.192 e. The van der Waals surface area contributed by atoms with Gasteiger partial charge in [0.15, 0.2) is 5.43 Å². The highest BCUT2D eigenvalue weighted by Gasteiger charge is 2.04. The lowest BCUT2D eigenvalue weighted by Crippen LogP contribution is -2.34. The molecule has 1 aromatic heterocycles. The van der Waals surface area contributed by atoms with Gasteiger partial charge in [0.1, 0.15) is 5.84 Å². The fourth-order valence-electron chi connectivity index (χ4n) is 1.02. The van der Waals surface area contributed by atoms with Crippen molar-refractivity contribution in [1.29, 1.82) is 0 Å². The number of nitrogens with zero attached hydrogens (tertiary/aromatic N) is 1. The Balaban J connectivity index is 3.23. The van der Waals surface area contributed by atoms with Gasteiger partial charge in [-0.2, -0.15) is 0 Å². The molecule has 1 rings (SSSR count). The Morgan fingerprint density at radius 3 is 2.85 bits per heavy atom. The van der Waals surface area contributed by atoms with Gasteiger partial charge in [-0.25, -0.2) is 5.84 Å². The van der Waals surface area contributed by atoms with Crippen molar-refractivity contribution in [2.45, 2.75) is 6.92 Å². The molecule has 0 saturated heterocycles. The van der Waals surface area contributed by atoms with Crippen molar-refractivity contribution in [2.75, 3.05) is 7.05 Å². The minimum absolute atomic E-state index is 0.102. The Labute approximate surface area is 75.7 Å². The van der Waals surface area contributed by atoms with Gasteiger partial charge in [-0.3, -0.25) is 9.79 Å². The number of nitrogens with two attached hydrogens (primary N) is 1. The molecule has 1 aromatic rings. The summed E-state index contributed by atoms with van der Waals surface area (Å²) in [5, 5.41) is 0. The van der Waals surface area contributed by atoms with E-state index in [1.54, 1.807) is 13.2 Å². The number of H-pyrrole nitrogens is 1. The third-order valence-electron chi connectivity index (χ3n) is 1.67. The summed E-state index contributed by atoms with van der Waals surface area (Å²) in [5.41, 5.74) is 3.50. The molecule has 0 spiro atoms. The molecule has 0 fully saturated rings. The lowest BCUT2D eigenvalue weighted by atomic mass is 10.2. The predicted octanol–water partition coefficient (Wildman–Crippen LogP) is -0.477. The summed E-state index contributed by atoms with van der Waals surface area (Å²) in [7, 11) is 1.56. The molecule has 4 N–H and O–H groups in total. The number of nitrogens with one attached hydrogen (secondary N) is 2. The number of hydrazine groups is 1. The average Bonchev–Trinajstić information content (AvgIpc) is 2.10. The molecule has 0 unspecified atom stereocenters. The van der Waals surface area contributed by atoms with Crippen LogP contribution in [0.25, 0.3) is 0 Å². The molecule has 1 heterocycles. The van der Waals surface area contributed by atoms with E-state index in [2.05, 4.69) is 15.4 Å². The van der Waals surface area contributed by atoms with Crippen LogP contribution in [-0.4, -0.2) is 17.9 Å². The number of hydrogen-bond donors (Lipinski definition) is 3. The minimum Gasteiger partial charge on any atom is -0.364 e. The third kappa shape index (κ3) is 1.94. The van der Waals surface area contributed by atoms with Gasteiger partial charge >= 0.3 is 0 Å². The van der Waals surface area contributed by atoms with Gasteiger partial charge in [0.2, 0.25) is 0 Å². The molecule has 0 aliphatic rings. The van der Waals surface area contributed by atoms with Crippen molar-refractivity contribution in [3.05, 3.63) is 33.7 Å². The quantitative estimate of drug-likeness (QED) is 0.236. The molecule has 5 heteroatoms. The SMILES string of the molecule is CN=C(NN)c1c[nH]c(C)cc1=O. The summed E-state index contributed by atoms with van der Waals surface area (Å²) < 4.78 is 0. The van der Waals surface area contributed by atoms with Crippen molar-refractivity contribution in [2.24, 2.45) is 10.8 Å². The molecule has 0 aromatic carbocycles. The molecular formula is C8H12N4O. The van der Waals surface area contributed by atoms with E-state index in [4.69, 9.17) is 5.84 Å². The summed E-state index contributed by atoms with van der Waals surface area (Å²) in [6, 6.07) is 1.50. The number of aliphatic imine (C=N–C) groups is 1. The van der Waals surface area contributed by atoms with Crippen LogP contribution in [0, 0.1) is 6.92 Å². The standard InChI is InChI=1S/C8H12N4O/c1-5-3-7(13)6(4-11-5)8(10-2)12-9/h3-4H,9H2,1-2H3,(H,10,12)(H,11,13). The van der Waals surface area contributed by atoms with Crippen LogP contribution in [0.2, 0.25) is 0 Å². The molecule has 0 atom stereocenters. The van der Waals surface area contributed by atoms with Crippen LogP contribution in [0.15, 0.2) is 22.1 Å². The van der Waals surface area contributed by atoms with E-state index >= 15 is 0 Å². The van der Waals surface area contributed by atoms with Crippen molar-refractivity contribution in [1.82, 2.24) is 10.4 Å². The highest BCUT2D eigenvalue weighted by Crippen LogP contribution is 1.92. The Hall–Kier alpha value is -1.62. The number of pyridine rings is 1. The Morgan fingerprint density at radius 1 is 1.69 bits per heavy atom. The predicted molar refractivity (Wildman–Crippen MR) is 51.6 cm³/mol. The summed E-state index contributed by atoms with van der Waals surface area (Å²) >= 11 is 0. The number of hydrogen-bond acceptors (Lipinski definition) is 3. The van der Waals surface area contributed by atoms with Gasteiger partial charge in [-0.15, -0.1) is 0 Å². The first kappa shape index (κ1) is 9.47. The summed E-state index contributed by atoms with van der Waals surface area (Å²) in [5.74, 6) is 5.56. The van der Waals surface area contributed by atoms with E-state index < -0.39 is 0 Å². The molecular weight excluding hydrogens is 168 g/mol. The zero-order valence-corrected chi connectivity index (χ0v) is 7.59. The molecule has 0 bridgehead atoms. The summed E-state index contributed by atoms with van der Waals surface area (Å²) in [6.07, 6.45) is 1.58. The first-order valence-corrected chi connectivity index (χ1v) is 3.82. The minimum atomic E-state index is -0.102. The summed E-state index contributed by atoms with van der Waals surface area (Å²) in [4.78, 5) is 18.1.